The summed E-state index contributed by atoms with van der Waals surface area (Å²) in [7, 11) is 0. The van der Waals surface area contributed by atoms with Crippen LogP contribution in [0.25, 0.3) is 11.1 Å². The van der Waals surface area contributed by atoms with Crippen molar-refractivity contribution >= 4 is 11.1 Å². The highest BCUT2D eigenvalue weighted by molar-refractivity contribution is 5.81. The normalized spacial score (nSPS) is 21.2. The fraction of sp³-hybridized carbons (Fsp3) is 0.385. The van der Waals surface area contributed by atoms with Gasteiger partial charge in [-0.05, 0) is 53.0 Å². The molecule has 0 amide bonds. The Hall–Kier alpha value is -2.08. The molecule has 0 nitrogen and oxygen atoms in total. The zero-order valence-corrected chi connectivity index (χ0v) is 17.5. The maximum Gasteiger partial charge on any atom is -0.0155 e. The molecule has 3 aliphatic carbocycles. The van der Waals surface area contributed by atoms with Crippen LogP contribution in [0.1, 0.15) is 65.5 Å². The van der Waals surface area contributed by atoms with Crippen molar-refractivity contribution in [3.05, 3.63) is 84.0 Å². The highest BCUT2D eigenvalue weighted by Crippen LogP contribution is 2.46. The molecule has 0 saturated heterocycles. The lowest BCUT2D eigenvalue weighted by Gasteiger charge is -2.09. The highest BCUT2D eigenvalue weighted by Gasteiger charge is 2.34. The van der Waals surface area contributed by atoms with Crippen LogP contribution in [0.2, 0.25) is 0 Å². The molecule has 140 valence electrons. The second-order valence-corrected chi connectivity index (χ2v) is 5.81. The Bertz CT molecular complexity index is 680. The van der Waals surface area contributed by atoms with E-state index in [1.165, 1.54) is 28.7 Å². The van der Waals surface area contributed by atoms with Crippen molar-refractivity contribution in [1.29, 1.82) is 0 Å². The van der Waals surface area contributed by atoms with Crippen molar-refractivity contribution in [1.82, 2.24) is 0 Å². The summed E-state index contributed by atoms with van der Waals surface area (Å²) in [4.78, 5) is 0. The van der Waals surface area contributed by atoms with E-state index in [0.717, 1.165) is 18.3 Å². The monoisotopic (exact) mass is 348 g/mol. The Morgan fingerprint density at radius 2 is 1.46 bits per heavy atom. The van der Waals surface area contributed by atoms with Gasteiger partial charge in [-0.15, -0.1) is 0 Å². The van der Waals surface area contributed by atoms with Gasteiger partial charge < -0.3 is 0 Å². The molecule has 0 heteroatoms. The van der Waals surface area contributed by atoms with Crippen molar-refractivity contribution in [3.8, 4) is 0 Å². The quantitative estimate of drug-likeness (QED) is 0.504. The molecule has 0 spiro atoms. The minimum absolute atomic E-state index is 0.804. The van der Waals surface area contributed by atoms with Crippen LogP contribution in [-0.4, -0.2) is 0 Å². The smallest absolute Gasteiger partial charge is 0.0155 e. The van der Waals surface area contributed by atoms with Crippen molar-refractivity contribution in [3.63, 3.8) is 0 Å². The summed E-state index contributed by atoms with van der Waals surface area (Å²) in [6.45, 7) is 12.0. The van der Waals surface area contributed by atoms with Gasteiger partial charge in [0.1, 0.15) is 0 Å². The van der Waals surface area contributed by atoms with E-state index in [4.69, 9.17) is 0 Å². The molecule has 0 N–H and O–H groups in total. The molecule has 1 fully saturated rings. The molecular formula is C26H36. The molecule has 0 aromatic heterocycles. The predicted octanol–water partition coefficient (Wildman–Crippen LogP) is 8.25. The first kappa shape index (κ1) is 22.0. The Labute approximate surface area is 161 Å². The van der Waals surface area contributed by atoms with E-state index in [1.54, 1.807) is 0 Å². The van der Waals surface area contributed by atoms with Crippen LogP contribution in [0.15, 0.2) is 72.9 Å². The number of hydrogen-bond acceptors (Lipinski definition) is 0. The first-order chi connectivity index (χ1) is 12.9. The van der Waals surface area contributed by atoms with Crippen LogP contribution in [0.5, 0.6) is 0 Å². The molecule has 0 heterocycles. The number of fused-ring (bicyclic) bond motifs is 1. The minimum atomic E-state index is 0.804. The summed E-state index contributed by atoms with van der Waals surface area (Å²) in [5.41, 5.74) is 5.33. The van der Waals surface area contributed by atoms with Crippen LogP contribution in [0.3, 0.4) is 0 Å². The fourth-order valence-electron chi connectivity index (χ4n) is 3.00. The number of rotatable bonds is 2. The van der Waals surface area contributed by atoms with E-state index < -0.39 is 0 Å². The van der Waals surface area contributed by atoms with Gasteiger partial charge in [0.25, 0.3) is 0 Å². The van der Waals surface area contributed by atoms with Crippen LogP contribution in [-0.2, 0) is 0 Å². The summed E-state index contributed by atoms with van der Waals surface area (Å²) in [6, 6.07) is 8.90. The van der Waals surface area contributed by atoms with Crippen molar-refractivity contribution < 1.29 is 0 Å². The van der Waals surface area contributed by atoms with E-state index in [9.17, 15) is 0 Å². The van der Waals surface area contributed by atoms with Crippen LogP contribution in [0, 0.1) is 11.8 Å². The number of benzene rings is 1. The maximum atomic E-state index is 2.45. The van der Waals surface area contributed by atoms with E-state index in [2.05, 4.69) is 72.9 Å². The molecule has 0 bridgehead atoms. The predicted molar refractivity (Wildman–Crippen MR) is 120 cm³/mol. The van der Waals surface area contributed by atoms with E-state index >= 15 is 0 Å². The van der Waals surface area contributed by atoms with Crippen molar-refractivity contribution in [2.45, 2.75) is 54.4 Å². The summed E-state index contributed by atoms with van der Waals surface area (Å²) in [5, 5.41) is 0. The average molecular weight is 349 g/mol. The molecular weight excluding hydrogens is 312 g/mol. The van der Waals surface area contributed by atoms with Crippen LogP contribution in [0.4, 0.5) is 0 Å². The summed E-state index contributed by atoms with van der Waals surface area (Å²) < 4.78 is 0. The molecule has 26 heavy (non-hydrogen) atoms. The standard InChI is InChI=1S/C20H18.3C2H6/c1-2-4-7-15(6-3-1)16-8-5-9-17(12-16)18-10-11-19-14-20(19)13-18;3*1-2/h1,3-13,19-20H,2,14H2;3*1-2H3. The summed E-state index contributed by atoms with van der Waals surface area (Å²) in [6.07, 6.45) is 20.5. The minimum Gasteiger partial charge on any atom is -0.0807 e. The van der Waals surface area contributed by atoms with Gasteiger partial charge in [0.2, 0.25) is 0 Å². The average Bonchev–Trinajstić information content (AvgIpc) is 3.55. The summed E-state index contributed by atoms with van der Waals surface area (Å²) >= 11 is 0. The topological polar surface area (TPSA) is 0 Å². The zero-order chi connectivity index (χ0) is 19.4. The fourth-order valence-corrected chi connectivity index (χ4v) is 3.00. The third kappa shape index (κ3) is 6.02. The summed E-state index contributed by atoms with van der Waals surface area (Å²) in [5.74, 6) is 1.64. The molecule has 4 rings (SSSR count). The van der Waals surface area contributed by atoms with Crippen LogP contribution < -0.4 is 0 Å². The van der Waals surface area contributed by atoms with Crippen molar-refractivity contribution in [2.24, 2.45) is 11.8 Å². The molecule has 1 aromatic carbocycles. The molecule has 1 saturated carbocycles. The van der Waals surface area contributed by atoms with Gasteiger partial charge in [-0.1, -0.05) is 108 Å². The van der Waals surface area contributed by atoms with Crippen LogP contribution >= 0.6 is 0 Å². The van der Waals surface area contributed by atoms with Crippen molar-refractivity contribution in [2.75, 3.05) is 0 Å². The molecule has 1 aromatic rings. The SMILES string of the molecule is C1=CCC=CC(c2cccc(C3=CC4CC4C=C3)c2)=C1.CC.CC.CC. The molecule has 3 aliphatic rings. The van der Waals surface area contributed by atoms with Gasteiger partial charge >= 0.3 is 0 Å². The lowest BCUT2D eigenvalue weighted by atomic mass is 9.95. The van der Waals surface area contributed by atoms with E-state index in [1.807, 2.05) is 41.5 Å². The van der Waals surface area contributed by atoms with Gasteiger partial charge in [0, 0.05) is 0 Å². The molecule has 2 unspecified atom stereocenters. The third-order valence-corrected chi connectivity index (χ3v) is 4.32. The third-order valence-electron chi connectivity index (χ3n) is 4.32. The number of allylic oxidation sites excluding steroid dienone is 10. The Balaban J connectivity index is 0.000000515. The Kier molecular flexibility index (Phi) is 10.4. The Morgan fingerprint density at radius 3 is 2.15 bits per heavy atom. The molecule has 0 radical (unpaired) electrons. The second kappa shape index (κ2) is 12.3. The zero-order valence-electron chi connectivity index (χ0n) is 17.5. The first-order valence-corrected chi connectivity index (χ1v) is 10.4. The second-order valence-electron chi connectivity index (χ2n) is 5.81. The first-order valence-electron chi connectivity index (χ1n) is 10.4. The molecule has 2 atom stereocenters. The van der Waals surface area contributed by atoms with Gasteiger partial charge in [-0.25, -0.2) is 0 Å². The van der Waals surface area contributed by atoms with E-state index in [-0.39, 0.29) is 0 Å². The number of hydrogen-bond donors (Lipinski definition) is 0. The highest BCUT2D eigenvalue weighted by atomic mass is 14.4. The van der Waals surface area contributed by atoms with E-state index in [0.29, 0.717) is 0 Å². The Morgan fingerprint density at radius 1 is 0.769 bits per heavy atom. The van der Waals surface area contributed by atoms with Gasteiger partial charge in [0.05, 0.1) is 0 Å². The molecule has 0 aliphatic heterocycles. The van der Waals surface area contributed by atoms with Gasteiger partial charge in [-0.3, -0.25) is 0 Å². The maximum absolute atomic E-state index is 2.45. The lowest BCUT2D eigenvalue weighted by molar-refractivity contribution is 0.985. The van der Waals surface area contributed by atoms with Gasteiger partial charge in [0.15, 0.2) is 0 Å². The van der Waals surface area contributed by atoms with Gasteiger partial charge in [-0.2, -0.15) is 0 Å². The lowest BCUT2D eigenvalue weighted by Crippen LogP contribution is -1.90. The largest absolute Gasteiger partial charge is 0.0807 e.